The minimum Gasteiger partial charge on any atom is -0.305 e. The molecular weight excluding hydrogens is 308 g/mol. The van der Waals surface area contributed by atoms with Crippen molar-refractivity contribution in [2.45, 2.75) is 32.9 Å². The van der Waals surface area contributed by atoms with Crippen LogP contribution in [-0.2, 0) is 12.1 Å². The van der Waals surface area contributed by atoms with E-state index in [9.17, 15) is 0 Å². The zero-order valence-electron chi connectivity index (χ0n) is 15.8. The summed E-state index contributed by atoms with van der Waals surface area (Å²) in [6, 6.07) is 18.9. The molecule has 0 unspecified atom stereocenters. The molecule has 0 radical (unpaired) electrons. The van der Waals surface area contributed by atoms with Crippen LogP contribution in [0.1, 0.15) is 26.3 Å². The summed E-state index contributed by atoms with van der Waals surface area (Å²) < 4.78 is 4.25. The van der Waals surface area contributed by atoms with E-state index in [4.69, 9.17) is 5.10 Å². The molecule has 0 spiro atoms. The molecule has 0 aliphatic heterocycles. The van der Waals surface area contributed by atoms with E-state index < -0.39 is 0 Å². The molecule has 25 heavy (non-hydrogen) atoms. The first-order valence-electron chi connectivity index (χ1n) is 8.66. The van der Waals surface area contributed by atoms with Crippen molar-refractivity contribution >= 4 is 0 Å². The van der Waals surface area contributed by atoms with Crippen LogP contribution >= 0.6 is 0 Å². The molecule has 0 N–H and O–H groups in total. The van der Waals surface area contributed by atoms with Crippen LogP contribution in [-0.4, -0.2) is 28.8 Å². The van der Waals surface area contributed by atoms with Crippen molar-refractivity contribution in [3.63, 3.8) is 0 Å². The monoisotopic (exact) mass is 335 g/mol. The highest BCUT2D eigenvalue weighted by atomic mass is 15.4. The third-order valence-corrected chi connectivity index (χ3v) is 4.11. The van der Waals surface area contributed by atoms with Crippen LogP contribution in [0.15, 0.2) is 60.9 Å². The zero-order chi connectivity index (χ0) is 18.0. The predicted octanol–water partition coefficient (Wildman–Crippen LogP) is 3.64. The van der Waals surface area contributed by atoms with E-state index in [2.05, 4.69) is 99.2 Å². The number of nitrogens with zero attached hydrogens (tertiary/aromatic N) is 4. The Bertz CT molecular complexity index is 842. The van der Waals surface area contributed by atoms with Gasteiger partial charge >= 0.3 is 5.82 Å². The van der Waals surface area contributed by atoms with E-state index in [1.54, 1.807) is 0 Å². The van der Waals surface area contributed by atoms with Gasteiger partial charge in [-0.2, -0.15) is 4.57 Å². The molecule has 3 rings (SSSR count). The van der Waals surface area contributed by atoms with Crippen LogP contribution in [0.4, 0.5) is 0 Å². The fourth-order valence-corrected chi connectivity index (χ4v) is 2.84. The van der Waals surface area contributed by atoms with Crippen LogP contribution in [0.2, 0.25) is 0 Å². The van der Waals surface area contributed by atoms with Crippen LogP contribution in [0, 0.1) is 0 Å². The van der Waals surface area contributed by atoms with Gasteiger partial charge in [0.15, 0.2) is 0 Å². The first-order valence-corrected chi connectivity index (χ1v) is 8.66. The van der Waals surface area contributed by atoms with E-state index >= 15 is 0 Å². The second-order valence-electron chi connectivity index (χ2n) is 7.66. The highest BCUT2D eigenvalue weighted by molar-refractivity contribution is 5.52. The Morgan fingerprint density at radius 3 is 2.24 bits per heavy atom. The minimum absolute atomic E-state index is 0.0781. The van der Waals surface area contributed by atoms with Crippen LogP contribution < -0.4 is 4.57 Å². The minimum atomic E-state index is -0.0781. The SMILES string of the molecule is CN(C)Cc1ccccc1-[n+]1cn(C(C)(C)C)nc1-c1ccccc1. The van der Waals surface area contributed by atoms with E-state index in [-0.39, 0.29) is 5.54 Å². The Morgan fingerprint density at radius 2 is 1.60 bits per heavy atom. The van der Waals surface area contributed by atoms with Gasteiger partial charge in [-0.3, -0.25) is 0 Å². The maximum atomic E-state index is 4.91. The molecule has 0 saturated carbocycles. The summed E-state index contributed by atoms with van der Waals surface area (Å²) in [5.41, 5.74) is 3.49. The van der Waals surface area contributed by atoms with Crippen molar-refractivity contribution in [3.8, 4) is 17.1 Å². The topological polar surface area (TPSA) is 24.9 Å². The van der Waals surface area contributed by atoms with E-state index in [1.807, 2.05) is 10.7 Å². The fraction of sp³-hybridized carbons (Fsp3) is 0.333. The summed E-state index contributed by atoms with van der Waals surface area (Å²) in [5, 5.41) is 4.91. The number of hydrogen-bond donors (Lipinski definition) is 0. The third-order valence-electron chi connectivity index (χ3n) is 4.11. The van der Waals surface area contributed by atoms with E-state index in [0.29, 0.717) is 0 Å². The molecule has 0 amide bonds. The van der Waals surface area contributed by atoms with Crippen molar-refractivity contribution in [2.24, 2.45) is 0 Å². The molecule has 0 fully saturated rings. The zero-order valence-corrected chi connectivity index (χ0v) is 15.8. The Kier molecular flexibility index (Phi) is 4.73. The molecule has 130 valence electrons. The summed E-state index contributed by atoms with van der Waals surface area (Å²) in [4.78, 5) is 2.19. The molecular formula is C21H27N4+. The lowest BCUT2D eigenvalue weighted by Crippen LogP contribution is -2.34. The molecule has 4 nitrogen and oxygen atoms in total. The average Bonchev–Trinajstić information content (AvgIpc) is 3.01. The van der Waals surface area contributed by atoms with Crippen molar-refractivity contribution < 1.29 is 4.57 Å². The molecule has 1 heterocycles. The summed E-state index contributed by atoms with van der Waals surface area (Å²) in [5.74, 6) is 0.960. The lowest BCUT2D eigenvalue weighted by atomic mass is 10.1. The van der Waals surface area contributed by atoms with Crippen LogP contribution in [0.5, 0.6) is 0 Å². The smallest absolute Gasteiger partial charge is 0.305 e. The van der Waals surface area contributed by atoms with E-state index in [0.717, 1.165) is 17.9 Å². The molecule has 0 saturated heterocycles. The number of rotatable bonds is 4. The van der Waals surface area contributed by atoms with Gasteiger partial charge in [0, 0.05) is 17.2 Å². The third kappa shape index (κ3) is 3.80. The van der Waals surface area contributed by atoms with Gasteiger partial charge < -0.3 is 4.90 Å². The Balaban J connectivity index is 2.21. The number of hydrogen-bond acceptors (Lipinski definition) is 2. The molecule has 3 aromatic rings. The van der Waals surface area contributed by atoms with Gasteiger partial charge in [0.1, 0.15) is 11.2 Å². The first-order chi connectivity index (χ1) is 11.9. The highest BCUT2D eigenvalue weighted by Gasteiger charge is 2.28. The Hall–Kier alpha value is -2.46. The molecule has 0 aliphatic carbocycles. The molecule has 0 aliphatic rings. The van der Waals surface area contributed by atoms with Gasteiger partial charge in [-0.15, -0.1) is 4.68 Å². The average molecular weight is 335 g/mol. The first kappa shape index (κ1) is 17.4. The maximum absolute atomic E-state index is 4.91. The Labute approximate surface area is 150 Å². The van der Waals surface area contributed by atoms with Crippen LogP contribution in [0.3, 0.4) is 0 Å². The largest absolute Gasteiger partial charge is 0.313 e. The maximum Gasteiger partial charge on any atom is 0.313 e. The number of aromatic nitrogens is 3. The van der Waals surface area contributed by atoms with Gasteiger partial charge in [0.05, 0.1) is 5.56 Å². The molecule has 0 bridgehead atoms. The van der Waals surface area contributed by atoms with Gasteiger partial charge in [-0.25, -0.2) is 0 Å². The lowest BCUT2D eigenvalue weighted by Gasteiger charge is -2.13. The van der Waals surface area contributed by atoms with E-state index in [1.165, 1.54) is 11.3 Å². The van der Waals surface area contributed by atoms with Crippen molar-refractivity contribution in [2.75, 3.05) is 14.1 Å². The van der Waals surface area contributed by atoms with Crippen LogP contribution in [0.25, 0.3) is 17.1 Å². The van der Waals surface area contributed by atoms with Crippen molar-refractivity contribution in [3.05, 3.63) is 66.5 Å². The summed E-state index contributed by atoms with van der Waals surface area (Å²) >= 11 is 0. The van der Waals surface area contributed by atoms with Gasteiger partial charge in [0.25, 0.3) is 0 Å². The highest BCUT2D eigenvalue weighted by Crippen LogP contribution is 2.20. The second-order valence-corrected chi connectivity index (χ2v) is 7.66. The quantitative estimate of drug-likeness (QED) is 0.680. The fourth-order valence-electron chi connectivity index (χ4n) is 2.84. The normalized spacial score (nSPS) is 11.9. The number of benzene rings is 2. The van der Waals surface area contributed by atoms with Gasteiger partial charge in [0.2, 0.25) is 6.33 Å². The second kappa shape index (κ2) is 6.81. The molecule has 2 aromatic carbocycles. The lowest BCUT2D eigenvalue weighted by molar-refractivity contribution is -0.585. The van der Waals surface area contributed by atoms with Gasteiger partial charge in [-0.1, -0.05) is 36.4 Å². The predicted molar refractivity (Wildman–Crippen MR) is 102 cm³/mol. The molecule has 0 atom stereocenters. The standard InChI is InChI=1S/C21H27N4/c1-21(2,3)25-16-24(20(22-25)17-11-7-6-8-12-17)19-14-10-9-13-18(19)15-23(4)5/h6-14,16H,15H2,1-5H3/q+1. The Morgan fingerprint density at radius 1 is 0.960 bits per heavy atom. The van der Waals surface area contributed by atoms with Crippen molar-refractivity contribution in [1.82, 2.24) is 14.7 Å². The molecule has 4 heteroatoms. The molecule has 1 aromatic heterocycles. The summed E-state index contributed by atoms with van der Waals surface area (Å²) in [6.07, 6.45) is 2.11. The van der Waals surface area contributed by atoms with Crippen molar-refractivity contribution in [1.29, 1.82) is 0 Å². The summed E-state index contributed by atoms with van der Waals surface area (Å²) in [6.45, 7) is 7.40. The summed E-state index contributed by atoms with van der Waals surface area (Å²) in [7, 11) is 4.19. The number of para-hydroxylation sites is 1. The van der Waals surface area contributed by atoms with Gasteiger partial charge in [-0.05, 0) is 53.1 Å².